The summed E-state index contributed by atoms with van der Waals surface area (Å²) < 4.78 is 33.0. The number of rotatable bonds is 4. The smallest absolute Gasteiger partial charge is 0.353 e. The van der Waals surface area contributed by atoms with Gasteiger partial charge in [-0.25, -0.2) is 13.0 Å². The van der Waals surface area contributed by atoms with Gasteiger partial charge in [0, 0.05) is 25.3 Å². The predicted octanol–water partition coefficient (Wildman–Crippen LogP) is 2.39. The Kier molecular flexibility index (Phi) is 7.62. The molecule has 0 aliphatic carbocycles. The van der Waals surface area contributed by atoms with E-state index in [1.807, 2.05) is 75.2 Å². The van der Waals surface area contributed by atoms with E-state index in [4.69, 9.17) is 0 Å². The van der Waals surface area contributed by atoms with Crippen molar-refractivity contribution >= 4 is 27.6 Å². The standard InChI is InChI=1S/C15H19N4.CH4O4S/c1-12-6-5-11-19(4)15(12)17-16-13-7-9-14(10-8-13)18(2)3;1-5-6(2,3)4/h5-11H,1-4H3;1H3,(H,2,3,4)/q+1;/p-1. The van der Waals surface area contributed by atoms with Gasteiger partial charge >= 0.3 is 5.82 Å². The average Bonchev–Trinajstić information content (AvgIpc) is 2.55. The Labute approximate surface area is 148 Å². The van der Waals surface area contributed by atoms with E-state index >= 15 is 0 Å². The lowest BCUT2D eigenvalue weighted by molar-refractivity contribution is -0.658. The van der Waals surface area contributed by atoms with Gasteiger partial charge in [-0.1, -0.05) is 0 Å². The number of aromatic nitrogens is 1. The molecule has 8 nitrogen and oxygen atoms in total. The lowest BCUT2D eigenvalue weighted by atomic mass is 10.3. The third-order valence-corrected chi connectivity index (χ3v) is 3.58. The molecule has 136 valence electrons. The van der Waals surface area contributed by atoms with Gasteiger partial charge in [-0.2, -0.15) is 0 Å². The molecule has 1 aromatic carbocycles. The maximum atomic E-state index is 9.22. The molecule has 0 unspecified atom stereocenters. The molecule has 0 aliphatic rings. The summed E-state index contributed by atoms with van der Waals surface area (Å²) in [6.07, 6.45) is 1.97. The number of azo groups is 1. The minimum atomic E-state index is -4.41. The van der Waals surface area contributed by atoms with Gasteiger partial charge in [-0.3, -0.25) is 4.18 Å². The molecular formula is C16H22N4O4S. The first-order valence-electron chi connectivity index (χ1n) is 7.30. The van der Waals surface area contributed by atoms with Crippen LogP contribution in [0.5, 0.6) is 0 Å². The van der Waals surface area contributed by atoms with Crippen LogP contribution >= 0.6 is 0 Å². The average molecular weight is 366 g/mol. The minimum absolute atomic E-state index is 0.808. The first-order valence-corrected chi connectivity index (χ1v) is 8.63. The van der Waals surface area contributed by atoms with Gasteiger partial charge in [-0.15, -0.1) is 0 Å². The van der Waals surface area contributed by atoms with Gasteiger partial charge in [0.15, 0.2) is 0 Å². The number of benzene rings is 1. The third kappa shape index (κ3) is 7.38. The quantitative estimate of drug-likeness (QED) is 0.358. The van der Waals surface area contributed by atoms with Crippen molar-refractivity contribution in [1.82, 2.24) is 0 Å². The van der Waals surface area contributed by atoms with Crippen LogP contribution in [0.25, 0.3) is 0 Å². The molecule has 2 aromatic rings. The molecule has 0 spiro atoms. The molecule has 1 aromatic heterocycles. The molecular weight excluding hydrogens is 344 g/mol. The Morgan fingerprint density at radius 3 is 2.12 bits per heavy atom. The van der Waals surface area contributed by atoms with Crippen LogP contribution in [0.1, 0.15) is 5.56 Å². The lowest BCUT2D eigenvalue weighted by Crippen LogP contribution is -2.27. The van der Waals surface area contributed by atoms with Crippen LogP contribution in [0.3, 0.4) is 0 Å². The first kappa shape index (κ1) is 20.7. The summed E-state index contributed by atoms with van der Waals surface area (Å²) in [4.78, 5) is 2.06. The van der Waals surface area contributed by atoms with Gasteiger partial charge < -0.3 is 9.45 Å². The zero-order valence-electron chi connectivity index (χ0n) is 14.9. The summed E-state index contributed by atoms with van der Waals surface area (Å²) in [7, 11) is 2.40. The number of hydrogen-bond donors (Lipinski definition) is 0. The second-order valence-corrected chi connectivity index (χ2v) is 6.46. The number of pyridine rings is 1. The summed E-state index contributed by atoms with van der Waals surface area (Å²) in [6.45, 7) is 2.03. The number of aryl methyl sites for hydroxylation is 2. The van der Waals surface area contributed by atoms with Crippen molar-refractivity contribution in [3.63, 3.8) is 0 Å². The van der Waals surface area contributed by atoms with E-state index in [1.165, 1.54) is 0 Å². The summed E-state index contributed by atoms with van der Waals surface area (Å²) in [5, 5.41) is 8.61. The van der Waals surface area contributed by atoms with Crippen LogP contribution in [-0.4, -0.2) is 34.2 Å². The van der Waals surface area contributed by atoms with E-state index < -0.39 is 10.4 Å². The Morgan fingerprint density at radius 2 is 1.68 bits per heavy atom. The SMILES string of the molecule is COS(=O)(=O)[O-].Cc1ccc[n+](C)c1N=Nc1ccc(N(C)C)cc1. The fourth-order valence-electron chi connectivity index (χ4n) is 1.81. The summed E-state index contributed by atoms with van der Waals surface area (Å²) in [5.41, 5.74) is 3.12. The molecule has 1 heterocycles. The Balaban J connectivity index is 0.000000450. The molecule has 9 heteroatoms. The summed E-state index contributed by atoms with van der Waals surface area (Å²) >= 11 is 0. The summed E-state index contributed by atoms with van der Waals surface area (Å²) in [6, 6.07) is 12.0. The van der Waals surface area contributed by atoms with Crippen molar-refractivity contribution in [2.75, 3.05) is 26.1 Å². The first-order chi connectivity index (χ1) is 11.6. The van der Waals surface area contributed by atoms with Crippen LogP contribution < -0.4 is 9.47 Å². The topological polar surface area (TPSA) is 98.3 Å². The van der Waals surface area contributed by atoms with E-state index in [0.29, 0.717) is 0 Å². The third-order valence-electron chi connectivity index (χ3n) is 3.17. The Hall–Kier alpha value is -2.36. The lowest BCUT2D eigenvalue weighted by Gasteiger charge is -2.11. The van der Waals surface area contributed by atoms with Crippen molar-refractivity contribution in [2.24, 2.45) is 17.3 Å². The van der Waals surface area contributed by atoms with Crippen molar-refractivity contribution in [3.05, 3.63) is 48.2 Å². The van der Waals surface area contributed by atoms with E-state index in [2.05, 4.69) is 19.3 Å². The van der Waals surface area contributed by atoms with E-state index in [-0.39, 0.29) is 0 Å². The molecule has 0 N–H and O–H groups in total. The predicted molar refractivity (Wildman–Crippen MR) is 94.0 cm³/mol. The monoisotopic (exact) mass is 366 g/mol. The highest BCUT2D eigenvalue weighted by atomic mass is 32.3. The highest BCUT2D eigenvalue weighted by Gasteiger charge is 2.09. The van der Waals surface area contributed by atoms with Crippen LogP contribution in [0, 0.1) is 6.92 Å². The minimum Gasteiger partial charge on any atom is -0.726 e. The number of anilines is 1. The van der Waals surface area contributed by atoms with Crippen LogP contribution in [0.4, 0.5) is 17.2 Å². The second kappa shape index (κ2) is 9.21. The molecule has 0 amide bonds. The van der Waals surface area contributed by atoms with Crippen LogP contribution in [0.15, 0.2) is 52.8 Å². The highest BCUT2D eigenvalue weighted by Crippen LogP contribution is 2.21. The van der Waals surface area contributed by atoms with Crippen molar-refractivity contribution < 1.29 is 21.7 Å². The van der Waals surface area contributed by atoms with Crippen molar-refractivity contribution in [2.45, 2.75) is 6.92 Å². The van der Waals surface area contributed by atoms with Gasteiger partial charge in [-0.05, 0) is 48.4 Å². The molecule has 0 radical (unpaired) electrons. The molecule has 0 fully saturated rings. The van der Waals surface area contributed by atoms with Crippen molar-refractivity contribution in [3.8, 4) is 0 Å². The Morgan fingerprint density at radius 1 is 1.12 bits per heavy atom. The van der Waals surface area contributed by atoms with Crippen LogP contribution in [-0.2, 0) is 21.6 Å². The summed E-state index contributed by atoms with van der Waals surface area (Å²) in [5.74, 6) is 0.874. The van der Waals surface area contributed by atoms with Gasteiger partial charge in [0.05, 0.1) is 25.5 Å². The normalized spacial score (nSPS) is 11.1. The maximum absolute atomic E-state index is 9.22. The van der Waals surface area contributed by atoms with Gasteiger partial charge in [0.2, 0.25) is 10.4 Å². The maximum Gasteiger partial charge on any atom is 0.353 e. The molecule has 2 rings (SSSR count). The van der Waals surface area contributed by atoms with E-state index in [1.54, 1.807) is 0 Å². The highest BCUT2D eigenvalue weighted by molar-refractivity contribution is 7.80. The number of hydrogen-bond acceptors (Lipinski definition) is 7. The van der Waals surface area contributed by atoms with Crippen molar-refractivity contribution in [1.29, 1.82) is 0 Å². The number of nitrogens with zero attached hydrogens (tertiary/aromatic N) is 4. The molecule has 0 bridgehead atoms. The van der Waals surface area contributed by atoms with Crippen LogP contribution in [0.2, 0.25) is 0 Å². The second-order valence-electron chi connectivity index (χ2n) is 5.31. The zero-order chi connectivity index (χ0) is 19.0. The van der Waals surface area contributed by atoms with Gasteiger partial charge in [0.25, 0.3) is 0 Å². The largest absolute Gasteiger partial charge is 0.726 e. The van der Waals surface area contributed by atoms with Gasteiger partial charge in [0.1, 0.15) is 5.69 Å². The van der Waals surface area contributed by atoms with E-state index in [0.717, 1.165) is 29.9 Å². The van der Waals surface area contributed by atoms with E-state index in [9.17, 15) is 13.0 Å². The molecule has 0 aliphatic heterocycles. The fourth-order valence-corrected chi connectivity index (χ4v) is 1.81. The molecule has 0 saturated heterocycles. The zero-order valence-corrected chi connectivity index (χ0v) is 15.7. The fraction of sp³-hybridized carbons (Fsp3) is 0.312. The molecule has 0 saturated carbocycles. The molecule has 0 atom stereocenters. The molecule has 25 heavy (non-hydrogen) atoms. The Bertz CT molecular complexity index is 798.